The number of urea groups is 1. The number of carbonyl (C=O) groups excluding carboxylic acids is 3. The molecule has 0 unspecified atom stereocenters. The number of amides is 3. The summed E-state index contributed by atoms with van der Waals surface area (Å²) < 4.78 is 5.36. The molecule has 3 rings (SSSR count). The van der Waals surface area contributed by atoms with Crippen molar-refractivity contribution in [3.8, 4) is 0 Å². The van der Waals surface area contributed by atoms with Gasteiger partial charge in [-0.2, -0.15) is 0 Å². The van der Waals surface area contributed by atoms with Crippen LogP contribution in [0.15, 0.2) is 30.3 Å². The molecule has 2 saturated heterocycles. The Labute approximate surface area is 146 Å². The zero-order chi connectivity index (χ0) is 18.0. The number of benzene rings is 1. The van der Waals surface area contributed by atoms with Crippen molar-refractivity contribution < 1.29 is 19.1 Å². The van der Waals surface area contributed by atoms with Gasteiger partial charge >= 0.3 is 12.0 Å². The number of nitrogens with zero attached hydrogens (tertiary/aromatic N) is 1. The van der Waals surface area contributed by atoms with Crippen molar-refractivity contribution in [3.63, 3.8) is 0 Å². The number of hydrogen-bond acceptors (Lipinski definition) is 5. The summed E-state index contributed by atoms with van der Waals surface area (Å²) in [4.78, 5) is 38.3. The summed E-state index contributed by atoms with van der Waals surface area (Å²) in [5.74, 6) is -0.726. The van der Waals surface area contributed by atoms with E-state index in [2.05, 4.69) is 10.6 Å². The lowest BCUT2D eigenvalue weighted by Crippen LogP contribution is -2.49. The molecule has 1 spiro atoms. The molecule has 2 aliphatic rings. The van der Waals surface area contributed by atoms with Gasteiger partial charge in [-0.15, -0.1) is 0 Å². The standard InChI is InChI=1S/C18H23N3O4/c1-12(2)25-15(22)14-10-18(16(23)19-17(24)20-18)11-21(14)9-8-13-6-4-3-5-7-13/h3-7,12,14H,8-11H2,1-2H3,(H2,19,20,23,24)/t14-,18+/m0/s1. The fraction of sp³-hybridized carbons (Fsp3) is 0.500. The van der Waals surface area contributed by atoms with Gasteiger partial charge in [-0.3, -0.25) is 19.8 Å². The highest BCUT2D eigenvalue weighted by Crippen LogP contribution is 2.31. The summed E-state index contributed by atoms with van der Waals surface area (Å²) in [5.41, 5.74) is 0.105. The molecule has 7 heteroatoms. The van der Waals surface area contributed by atoms with Gasteiger partial charge < -0.3 is 10.1 Å². The van der Waals surface area contributed by atoms with Crippen LogP contribution in [0.25, 0.3) is 0 Å². The Morgan fingerprint density at radius 2 is 2.04 bits per heavy atom. The highest BCUT2D eigenvalue weighted by molar-refractivity contribution is 6.07. The number of imide groups is 1. The molecular formula is C18H23N3O4. The van der Waals surface area contributed by atoms with Gasteiger partial charge in [0.15, 0.2) is 0 Å². The second-order valence-corrected chi connectivity index (χ2v) is 6.90. The van der Waals surface area contributed by atoms with Gasteiger partial charge in [0, 0.05) is 19.5 Å². The van der Waals surface area contributed by atoms with E-state index in [0.29, 0.717) is 13.1 Å². The van der Waals surface area contributed by atoms with Crippen molar-refractivity contribution in [1.29, 1.82) is 0 Å². The highest BCUT2D eigenvalue weighted by Gasteiger charge is 2.56. The second kappa shape index (κ2) is 6.84. The fourth-order valence-corrected chi connectivity index (χ4v) is 3.46. The van der Waals surface area contributed by atoms with Crippen LogP contribution in [0.4, 0.5) is 4.79 Å². The molecule has 2 fully saturated rings. The predicted molar refractivity (Wildman–Crippen MR) is 90.8 cm³/mol. The van der Waals surface area contributed by atoms with Gasteiger partial charge in [-0.1, -0.05) is 30.3 Å². The quantitative estimate of drug-likeness (QED) is 0.610. The Hall–Kier alpha value is -2.41. The van der Waals surface area contributed by atoms with Gasteiger partial charge in [0.1, 0.15) is 11.6 Å². The summed E-state index contributed by atoms with van der Waals surface area (Å²) in [6, 6.07) is 8.89. The molecule has 7 nitrogen and oxygen atoms in total. The minimum absolute atomic E-state index is 0.227. The molecule has 1 aromatic rings. The van der Waals surface area contributed by atoms with Gasteiger partial charge in [0.05, 0.1) is 6.10 Å². The van der Waals surface area contributed by atoms with Crippen molar-refractivity contribution >= 4 is 17.9 Å². The maximum atomic E-state index is 12.5. The molecule has 0 saturated carbocycles. The van der Waals surface area contributed by atoms with Gasteiger partial charge in [-0.25, -0.2) is 4.79 Å². The molecule has 3 amide bonds. The lowest BCUT2D eigenvalue weighted by Gasteiger charge is -2.23. The third-order valence-corrected chi connectivity index (χ3v) is 4.62. The molecule has 2 aliphatic heterocycles. The average molecular weight is 345 g/mol. The molecule has 2 heterocycles. The number of esters is 1. The summed E-state index contributed by atoms with van der Waals surface area (Å²) in [7, 11) is 0. The maximum absolute atomic E-state index is 12.5. The minimum atomic E-state index is -1.05. The van der Waals surface area contributed by atoms with E-state index in [9.17, 15) is 14.4 Å². The van der Waals surface area contributed by atoms with Gasteiger partial charge in [-0.05, 0) is 25.8 Å². The summed E-state index contributed by atoms with van der Waals surface area (Å²) in [6.07, 6.45) is 0.745. The summed E-state index contributed by atoms with van der Waals surface area (Å²) >= 11 is 0. The second-order valence-electron chi connectivity index (χ2n) is 6.90. The van der Waals surface area contributed by atoms with Crippen LogP contribution >= 0.6 is 0 Å². The molecule has 1 aromatic carbocycles. The molecule has 25 heavy (non-hydrogen) atoms. The van der Waals surface area contributed by atoms with E-state index in [1.807, 2.05) is 35.2 Å². The lowest BCUT2D eigenvalue weighted by atomic mass is 9.96. The van der Waals surface area contributed by atoms with E-state index in [1.54, 1.807) is 13.8 Å². The molecule has 134 valence electrons. The highest BCUT2D eigenvalue weighted by atomic mass is 16.5. The Bertz CT molecular complexity index is 676. The van der Waals surface area contributed by atoms with E-state index < -0.39 is 17.6 Å². The average Bonchev–Trinajstić information content (AvgIpc) is 3.06. The molecule has 2 atom stereocenters. The topological polar surface area (TPSA) is 87.7 Å². The summed E-state index contributed by atoms with van der Waals surface area (Å²) in [6.45, 7) is 4.49. The van der Waals surface area contributed by atoms with E-state index in [1.165, 1.54) is 0 Å². The van der Waals surface area contributed by atoms with Crippen molar-refractivity contribution in [2.45, 2.75) is 44.4 Å². The zero-order valence-corrected chi connectivity index (χ0v) is 14.5. The third kappa shape index (κ3) is 3.66. The number of carbonyl (C=O) groups is 3. The Morgan fingerprint density at radius 1 is 1.32 bits per heavy atom. The number of rotatable bonds is 5. The minimum Gasteiger partial charge on any atom is -0.462 e. The molecule has 0 aliphatic carbocycles. The number of likely N-dealkylation sites (tertiary alicyclic amines) is 1. The first-order valence-corrected chi connectivity index (χ1v) is 8.52. The first-order chi connectivity index (χ1) is 11.9. The van der Waals surface area contributed by atoms with Crippen molar-refractivity contribution in [2.75, 3.05) is 13.1 Å². The monoisotopic (exact) mass is 345 g/mol. The first-order valence-electron chi connectivity index (χ1n) is 8.52. The van der Waals surface area contributed by atoms with Crippen LogP contribution in [-0.2, 0) is 20.7 Å². The Morgan fingerprint density at radius 3 is 2.64 bits per heavy atom. The van der Waals surface area contributed by atoms with Crippen molar-refractivity contribution in [3.05, 3.63) is 35.9 Å². The smallest absolute Gasteiger partial charge is 0.323 e. The van der Waals surface area contributed by atoms with Crippen LogP contribution in [0.1, 0.15) is 25.8 Å². The fourth-order valence-electron chi connectivity index (χ4n) is 3.46. The van der Waals surface area contributed by atoms with Crippen LogP contribution in [0.5, 0.6) is 0 Å². The van der Waals surface area contributed by atoms with Crippen LogP contribution in [0.2, 0.25) is 0 Å². The van der Waals surface area contributed by atoms with E-state index in [0.717, 1.165) is 12.0 Å². The van der Waals surface area contributed by atoms with E-state index in [4.69, 9.17) is 4.74 Å². The molecule has 0 radical (unpaired) electrons. The molecule has 0 bridgehead atoms. The van der Waals surface area contributed by atoms with Crippen LogP contribution < -0.4 is 10.6 Å². The van der Waals surface area contributed by atoms with Gasteiger partial charge in [0.2, 0.25) is 0 Å². The molecular weight excluding hydrogens is 322 g/mol. The van der Waals surface area contributed by atoms with Crippen LogP contribution in [0.3, 0.4) is 0 Å². The Kier molecular flexibility index (Phi) is 4.76. The molecule has 2 N–H and O–H groups in total. The molecule has 0 aromatic heterocycles. The number of nitrogens with one attached hydrogen (secondary N) is 2. The largest absolute Gasteiger partial charge is 0.462 e. The summed E-state index contributed by atoms with van der Waals surface area (Å²) in [5, 5.41) is 4.97. The predicted octanol–water partition coefficient (Wildman–Crippen LogP) is 0.833. The van der Waals surface area contributed by atoms with Crippen molar-refractivity contribution in [2.24, 2.45) is 0 Å². The Balaban J connectivity index is 1.76. The first kappa shape index (κ1) is 17.4. The SMILES string of the molecule is CC(C)OC(=O)[C@@H]1C[C@]2(CN1CCc1ccccc1)NC(=O)NC2=O. The van der Waals surface area contributed by atoms with E-state index in [-0.39, 0.29) is 24.4 Å². The van der Waals surface area contributed by atoms with Gasteiger partial charge in [0.25, 0.3) is 5.91 Å². The van der Waals surface area contributed by atoms with Crippen LogP contribution in [0, 0.1) is 0 Å². The van der Waals surface area contributed by atoms with E-state index >= 15 is 0 Å². The normalized spacial score (nSPS) is 26.1. The number of hydrogen-bond donors (Lipinski definition) is 2. The van der Waals surface area contributed by atoms with Crippen molar-refractivity contribution in [1.82, 2.24) is 15.5 Å². The van der Waals surface area contributed by atoms with Crippen LogP contribution in [-0.4, -0.2) is 53.6 Å². The lowest BCUT2D eigenvalue weighted by molar-refractivity contribution is -0.152. The maximum Gasteiger partial charge on any atom is 0.323 e. The number of ether oxygens (including phenoxy) is 1. The zero-order valence-electron chi connectivity index (χ0n) is 14.5. The third-order valence-electron chi connectivity index (χ3n) is 4.62.